The number of pyridine rings is 1. The van der Waals surface area contributed by atoms with Crippen LogP contribution in [0.5, 0.6) is 0 Å². The standard InChI is InChI=1S/C13H20N2OS/c1-10(16)11-4-5-14-12(8-11)15-6-7-17-13(2,3)9-15/h4-5,8,10,16H,6-7,9H2,1-3H3/t10-/m0/s1. The molecule has 94 valence electrons. The maximum absolute atomic E-state index is 9.60. The minimum Gasteiger partial charge on any atom is -0.389 e. The lowest BCUT2D eigenvalue weighted by atomic mass is 10.1. The van der Waals surface area contributed by atoms with E-state index in [1.54, 1.807) is 13.1 Å². The number of hydrogen-bond donors (Lipinski definition) is 1. The summed E-state index contributed by atoms with van der Waals surface area (Å²) < 4.78 is 0.279. The molecule has 0 saturated carbocycles. The molecule has 0 aromatic carbocycles. The topological polar surface area (TPSA) is 36.4 Å². The Kier molecular flexibility index (Phi) is 3.64. The van der Waals surface area contributed by atoms with E-state index in [9.17, 15) is 5.11 Å². The Morgan fingerprint density at radius 1 is 1.53 bits per heavy atom. The van der Waals surface area contributed by atoms with Crippen LogP contribution < -0.4 is 4.90 Å². The molecule has 4 heteroatoms. The van der Waals surface area contributed by atoms with E-state index in [1.165, 1.54) is 0 Å². The van der Waals surface area contributed by atoms with Crippen molar-refractivity contribution < 1.29 is 5.11 Å². The quantitative estimate of drug-likeness (QED) is 0.877. The van der Waals surface area contributed by atoms with Gasteiger partial charge < -0.3 is 10.0 Å². The molecule has 0 radical (unpaired) electrons. The maximum atomic E-state index is 9.60. The minimum atomic E-state index is -0.427. The molecular formula is C13H20N2OS. The van der Waals surface area contributed by atoms with Gasteiger partial charge in [0.2, 0.25) is 0 Å². The van der Waals surface area contributed by atoms with Crippen LogP contribution in [0.1, 0.15) is 32.4 Å². The molecule has 17 heavy (non-hydrogen) atoms. The van der Waals surface area contributed by atoms with E-state index in [-0.39, 0.29) is 4.75 Å². The summed E-state index contributed by atoms with van der Waals surface area (Å²) in [6.07, 6.45) is 1.36. The molecule has 1 fully saturated rings. The molecule has 3 nitrogen and oxygen atoms in total. The number of aromatic nitrogens is 1. The average Bonchev–Trinajstić information content (AvgIpc) is 2.28. The largest absolute Gasteiger partial charge is 0.389 e. The fourth-order valence-corrected chi connectivity index (χ4v) is 3.19. The molecule has 1 aromatic rings. The fraction of sp³-hybridized carbons (Fsp3) is 0.615. The van der Waals surface area contributed by atoms with Crippen molar-refractivity contribution in [1.29, 1.82) is 0 Å². The first-order chi connectivity index (χ1) is 7.98. The molecule has 1 aliphatic heterocycles. The van der Waals surface area contributed by atoms with Gasteiger partial charge in [0.05, 0.1) is 6.10 Å². The SMILES string of the molecule is C[C@H](O)c1ccnc(N2CCSC(C)(C)C2)c1. The Hall–Kier alpha value is -0.740. The average molecular weight is 252 g/mol. The first-order valence-corrected chi connectivity index (χ1v) is 6.99. The van der Waals surface area contributed by atoms with Gasteiger partial charge in [0, 0.05) is 29.8 Å². The van der Waals surface area contributed by atoms with Crippen LogP contribution in [0.3, 0.4) is 0 Å². The Labute approximate surface area is 107 Å². The third-order valence-corrected chi connectivity index (χ3v) is 4.30. The van der Waals surface area contributed by atoms with Crippen molar-refractivity contribution in [1.82, 2.24) is 4.98 Å². The van der Waals surface area contributed by atoms with Gasteiger partial charge in [0.25, 0.3) is 0 Å². The van der Waals surface area contributed by atoms with Crippen LogP contribution in [0, 0.1) is 0 Å². The van der Waals surface area contributed by atoms with E-state index in [0.717, 1.165) is 30.2 Å². The molecule has 2 heterocycles. The Morgan fingerprint density at radius 2 is 2.29 bits per heavy atom. The fourth-order valence-electron chi connectivity index (χ4n) is 2.08. The van der Waals surface area contributed by atoms with Gasteiger partial charge in [-0.1, -0.05) is 0 Å². The summed E-state index contributed by atoms with van der Waals surface area (Å²) in [7, 11) is 0. The lowest BCUT2D eigenvalue weighted by Gasteiger charge is -2.38. The summed E-state index contributed by atoms with van der Waals surface area (Å²) in [5, 5.41) is 9.60. The van der Waals surface area contributed by atoms with Crippen molar-refractivity contribution in [2.45, 2.75) is 31.6 Å². The van der Waals surface area contributed by atoms with E-state index >= 15 is 0 Å². The zero-order chi connectivity index (χ0) is 12.5. The van der Waals surface area contributed by atoms with E-state index in [0.29, 0.717) is 0 Å². The second-order valence-corrected chi connectivity index (χ2v) is 6.96. The number of rotatable bonds is 2. The highest BCUT2D eigenvalue weighted by Gasteiger charge is 2.27. The lowest BCUT2D eigenvalue weighted by Crippen LogP contribution is -2.43. The van der Waals surface area contributed by atoms with Crippen LogP contribution in [0.25, 0.3) is 0 Å². The summed E-state index contributed by atoms with van der Waals surface area (Å²) >= 11 is 2.01. The van der Waals surface area contributed by atoms with Gasteiger partial charge in [-0.15, -0.1) is 0 Å². The zero-order valence-corrected chi connectivity index (χ0v) is 11.5. The Balaban J connectivity index is 2.19. The number of aliphatic hydroxyl groups is 1. The monoisotopic (exact) mass is 252 g/mol. The van der Waals surface area contributed by atoms with Gasteiger partial charge in [-0.05, 0) is 38.5 Å². The van der Waals surface area contributed by atoms with Crippen LogP contribution in [0.2, 0.25) is 0 Å². The smallest absolute Gasteiger partial charge is 0.128 e. The van der Waals surface area contributed by atoms with Crippen molar-refractivity contribution in [3.8, 4) is 0 Å². The highest BCUT2D eigenvalue weighted by molar-refractivity contribution is 8.00. The van der Waals surface area contributed by atoms with Crippen LogP contribution in [0.4, 0.5) is 5.82 Å². The normalized spacial score (nSPS) is 21.3. The van der Waals surface area contributed by atoms with Crippen LogP contribution in [-0.4, -0.2) is 33.7 Å². The van der Waals surface area contributed by atoms with Gasteiger partial charge in [-0.25, -0.2) is 4.98 Å². The number of aliphatic hydroxyl groups excluding tert-OH is 1. The van der Waals surface area contributed by atoms with Gasteiger partial charge >= 0.3 is 0 Å². The molecule has 0 unspecified atom stereocenters. The van der Waals surface area contributed by atoms with Crippen molar-refractivity contribution >= 4 is 17.6 Å². The first-order valence-electron chi connectivity index (χ1n) is 6.01. The highest BCUT2D eigenvalue weighted by Crippen LogP contribution is 2.31. The van der Waals surface area contributed by atoms with Crippen LogP contribution in [0.15, 0.2) is 18.3 Å². The van der Waals surface area contributed by atoms with Crippen LogP contribution in [-0.2, 0) is 0 Å². The van der Waals surface area contributed by atoms with E-state index in [2.05, 4.69) is 23.7 Å². The lowest BCUT2D eigenvalue weighted by molar-refractivity contribution is 0.199. The van der Waals surface area contributed by atoms with Gasteiger partial charge in [0.15, 0.2) is 0 Å². The molecular weight excluding hydrogens is 232 g/mol. The summed E-state index contributed by atoms with van der Waals surface area (Å²) in [4.78, 5) is 6.72. The summed E-state index contributed by atoms with van der Waals surface area (Å²) in [5.41, 5.74) is 0.936. The molecule has 1 atom stereocenters. The van der Waals surface area contributed by atoms with Gasteiger partial charge in [0.1, 0.15) is 5.82 Å². The number of nitrogens with zero attached hydrogens (tertiary/aromatic N) is 2. The van der Waals surface area contributed by atoms with Crippen molar-refractivity contribution in [2.75, 3.05) is 23.7 Å². The molecule has 0 spiro atoms. The maximum Gasteiger partial charge on any atom is 0.128 e. The van der Waals surface area contributed by atoms with E-state index in [4.69, 9.17) is 0 Å². The molecule has 2 rings (SSSR count). The minimum absolute atomic E-state index is 0.279. The summed E-state index contributed by atoms with van der Waals surface area (Å²) in [5.74, 6) is 2.12. The predicted molar refractivity (Wildman–Crippen MR) is 73.6 cm³/mol. The van der Waals surface area contributed by atoms with Gasteiger partial charge in [-0.3, -0.25) is 0 Å². The van der Waals surface area contributed by atoms with E-state index < -0.39 is 6.10 Å². The molecule has 1 saturated heterocycles. The number of anilines is 1. The van der Waals surface area contributed by atoms with Crippen molar-refractivity contribution in [3.63, 3.8) is 0 Å². The third kappa shape index (κ3) is 3.13. The third-order valence-electron chi connectivity index (χ3n) is 3.00. The molecule has 0 aliphatic carbocycles. The van der Waals surface area contributed by atoms with Crippen LogP contribution >= 0.6 is 11.8 Å². The van der Waals surface area contributed by atoms with Crippen molar-refractivity contribution in [3.05, 3.63) is 23.9 Å². The second kappa shape index (κ2) is 4.86. The molecule has 0 bridgehead atoms. The van der Waals surface area contributed by atoms with Crippen molar-refractivity contribution in [2.24, 2.45) is 0 Å². The summed E-state index contributed by atoms with van der Waals surface area (Å²) in [6.45, 7) is 8.36. The predicted octanol–water partition coefficient (Wildman–Crippen LogP) is 2.47. The molecule has 0 amide bonds. The second-order valence-electron chi connectivity index (χ2n) is 5.15. The zero-order valence-electron chi connectivity index (χ0n) is 10.7. The number of hydrogen-bond acceptors (Lipinski definition) is 4. The highest BCUT2D eigenvalue weighted by atomic mass is 32.2. The Morgan fingerprint density at radius 3 is 2.94 bits per heavy atom. The molecule has 1 N–H and O–H groups in total. The van der Waals surface area contributed by atoms with Gasteiger partial charge in [-0.2, -0.15) is 11.8 Å². The van der Waals surface area contributed by atoms with E-state index in [1.807, 2.05) is 23.9 Å². The molecule has 1 aromatic heterocycles. The first kappa shape index (κ1) is 12.7. The summed E-state index contributed by atoms with van der Waals surface area (Å²) in [6, 6.07) is 3.87. The number of thioether (sulfide) groups is 1. The Bertz CT molecular complexity index is 393. The molecule has 1 aliphatic rings.